The molecule has 100 valence electrons. The number of benzene rings is 1. The summed E-state index contributed by atoms with van der Waals surface area (Å²) < 4.78 is 25.4. The summed E-state index contributed by atoms with van der Waals surface area (Å²) >= 11 is 0. The average molecular weight is 261 g/mol. The van der Waals surface area contributed by atoms with Gasteiger partial charge in [-0.25, -0.2) is 4.39 Å². The van der Waals surface area contributed by atoms with Crippen LogP contribution in [0.25, 0.3) is 10.9 Å². The maximum atomic E-state index is 13.4. The van der Waals surface area contributed by atoms with Crippen LogP contribution in [0.4, 0.5) is 4.39 Å². The van der Waals surface area contributed by atoms with Crippen LogP contribution in [-0.2, 0) is 9.31 Å². The second kappa shape index (κ2) is 3.84. The molecule has 1 aromatic carbocycles. The number of aromatic amines is 1. The van der Waals surface area contributed by atoms with Crippen molar-refractivity contribution in [2.45, 2.75) is 38.9 Å². The predicted molar refractivity (Wildman–Crippen MR) is 74.0 cm³/mol. The highest BCUT2D eigenvalue weighted by Gasteiger charge is 2.51. The van der Waals surface area contributed by atoms with Crippen LogP contribution in [0.2, 0.25) is 0 Å². The topological polar surface area (TPSA) is 34.2 Å². The van der Waals surface area contributed by atoms with Gasteiger partial charge in [0.05, 0.1) is 11.2 Å². The molecule has 1 aromatic heterocycles. The minimum absolute atomic E-state index is 0.240. The van der Waals surface area contributed by atoms with Gasteiger partial charge in [-0.05, 0) is 39.2 Å². The van der Waals surface area contributed by atoms with E-state index in [1.165, 1.54) is 6.20 Å². The summed E-state index contributed by atoms with van der Waals surface area (Å²) in [4.78, 5) is 2.91. The van der Waals surface area contributed by atoms with Crippen molar-refractivity contribution in [2.75, 3.05) is 0 Å². The fourth-order valence-corrected chi connectivity index (χ4v) is 2.23. The van der Waals surface area contributed by atoms with E-state index in [4.69, 9.17) is 9.31 Å². The van der Waals surface area contributed by atoms with Crippen molar-refractivity contribution in [3.8, 4) is 0 Å². The normalized spacial score (nSPS) is 21.2. The average Bonchev–Trinajstić information content (AvgIpc) is 2.78. The Kier molecular flexibility index (Phi) is 2.56. The molecule has 1 fully saturated rings. The summed E-state index contributed by atoms with van der Waals surface area (Å²) in [7, 11) is -0.416. The maximum absolute atomic E-state index is 13.4. The molecule has 2 heterocycles. The number of H-pyrrole nitrogens is 1. The maximum Gasteiger partial charge on any atom is 0.494 e. The van der Waals surface area contributed by atoms with E-state index in [0.717, 1.165) is 11.0 Å². The number of hydrogen-bond acceptors (Lipinski definition) is 2. The standard InChI is InChI=1S/C14H17BFNO2/c1-13(2)14(3,4)19-15(18-13)9-5-6-10-11(16)8-17-12(10)7-9/h5-8,17H,1-4H3. The number of halogens is 1. The second-order valence-electron chi connectivity index (χ2n) is 6.03. The zero-order valence-electron chi connectivity index (χ0n) is 11.6. The Morgan fingerprint density at radius 2 is 1.74 bits per heavy atom. The number of hydrogen-bond donors (Lipinski definition) is 1. The molecule has 0 radical (unpaired) electrons. The zero-order chi connectivity index (χ0) is 13.8. The fraction of sp³-hybridized carbons (Fsp3) is 0.429. The lowest BCUT2D eigenvalue weighted by Crippen LogP contribution is -2.41. The summed E-state index contributed by atoms with van der Waals surface area (Å²) in [5, 5.41) is 0.584. The van der Waals surface area contributed by atoms with Crippen LogP contribution < -0.4 is 5.46 Å². The zero-order valence-corrected chi connectivity index (χ0v) is 11.6. The van der Waals surface area contributed by atoms with Crippen LogP contribution >= 0.6 is 0 Å². The first-order valence-corrected chi connectivity index (χ1v) is 6.42. The highest BCUT2D eigenvalue weighted by Crippen LogP contribution is 2.36. The monoisotopic (exact) mass is 261 g/mol. The van der Waals surface area contributed by atoms with Gasteiger partial charge in [-0.15, -0.1) is 0 Å². The molecule has 5 heteroatoms. The molecular formula is C14H17BFNO2. The van der Waals surface area contributed by atoms with Gasteiger partial charge in [0, 0.05) is 17.1 Å². The molecule has 1 aliphatic heterocycles. The molecule has 0 unspecified atom stereocenters. The lowest BCUT2D eigenvalue weighted by molar-refractivity contribution is 0.00578. The molecule has 0 bridgehead atoms. The van der Waals surface area contributed by atoms with Crippen molar-refractivity contribution in [3.63, 3.8) is 0 Å². The number of fused-ring (bicyclic) bond motifs is 1. The summed E-state index contributed by atoms with van der Waals surface area (Å²) in [6, 6.07) is 5.48. The molecule has 0 atom stereocenters. The third-order valence-electron chi connectivity index (χ3n) is 4.18. The van der Waals surface area contributed by atoms with Crippen molar-refractivity contribution in [2.24, 2.45) is 0 Å². The van der Waals surface area contributed by atoms with Crippen molar-refractivity contribution >= 4 is 23.5 Å². The quantitative estimate of drug-likeness (QED) is 0.800. The van der Waals surface area contributed by atoms with Gasteiger partial charge in [0.25, 0.3) is 0 Å². The Morgan fingerprint density at radius 3 is 2.37 bits per heavy atom. The SMILES string of the molecule is CC1(C)OB(c2ccc3c(F)c[nH]c3c2)OC1(C)C. The highest BCUT2D eigenvalue weighted by molar-refractivity contribution is 6.62. The lowest BCUT2D eigenvalue weighted by atomic mass is 9.79. The Balaban J connectivity index is 1.98. The third kappa shape index (κ3) is 1.88. The van der Waals surface area contributed by atoms with E-state index in [0.29, 0.717) is 5.39 Å². The largest absolute Gasteiger partial charge is 0.494 e. The van der Waals surface area contributed by atoms with E-state index in [2.05, 4.69) is 4.98 Å². The second-order valence-corrected chi connectivity index (χ2v) is 6.03. The smallest absolute Gasteiger partial charge is 0.399 e. The lowest BCUT2D eigenvalue weighted by Gasteiger charge is -2.32. The van der Waals surface area contributed by atoms with Gasteiger partial charge in [0.2, 0.25) is 0 Å². The first-order chi connectivity index (χ1) is 8.80. The van der Waals surface area contributed by atoms with E-state index in [9.17, 15) is 4.39 Å². The van der Waals surface area contributed by atoms with Gasteiger partial charge in [-0.2, -0.15) is 0 Å². The van der Waals surface area contributed by atoms with E-state index in [1.54, 1.807) is 6.07 Å². The van der Waals surface area contributed by atoms with Crippen LogP contribution in [-0.4, -0.2) is 23.3 Å². The minimum atomic E-state index is -0.416. The fourth-order valence-electron chi connectivity index (χ4n) is 2.23. The molecule has 1 saturated heterocycles. The Hall–Kier alpha value is -1.33. The number of aromatic nitrogens is 1. The molecule has 1 N–H and O–H groups in total. The third-order valence-corrected chi connectivity index (χ3v) is 4.18. The van der Waals surface area contributed by atoms with Crippen molar-refractivity contribution in [1.29, 1.82) is 0 Å². The number of nitrogens with one attached hydrogen (secondary N) is 1. The van der Waals surface area contributed by atoms with Crippen LogP contribution in [0, 0.1) is 5.82 Å². The molecule has 0 saturated carbocycles. The molecule has 2 aromatic rings. The summed E-state index contributed by atoms with van der Waals surface area (Å²) in [5.41, 5.74) is 0.916. The summed E-state index contributed by atoms with van der Waals surface area (Å²) in [6.45, 7) is 8.05. The summed E-state index contributed by atoms with van der Waals surface area (Å²) in [6.07, 6.45) is 1.36. The molecule has 0 aliphatic carbocycles. The van der Waals surface area contributed by atoms with E-state index in [-0.39, 0.29) is 17.0 Å². The van der Waals surface area contributed by atoms with Gasteiger partial charge in [0.15, 0.2) is 0 Å². The van der Waals surface area contributed by atoms with Gasteiger partial charge >= 0.3 is 7.12 Å². The van der Waals surface area contributed by atoms with Crippen molar-refractivity contribution in [1.82, 2.24) is 4.98 Å². The molecule has 3 rings (SSSR count). The van der Waals surface area contributed by atoms with E-state index in [1.807, 2.05) is 39.8 Å². The molecule has 1 aliphatic rings. The van der Waals surface area contributed by atoms with Crippen molar-refractivity contribution < 1.29 is 13.7 Å². The Morgan fingerprint density at radius 1 is 1.11 bits per heavy atom. The minimum Gasteiger partial charge on any atom is -0.399 e. The van der Waals surface area contributed by atoms with Crippen molar-refractivity contribution in [3.05, 3.63) is 30.2 Å². The first-order valence-electron chi connectivity index (χ1n) is 6.42. The van der Waals surface area contributed by atoms with E-state index >= 15 is 0 Å². The molecule has 19 heavy (non-hydrogen) atoms. The van der Waals surface area contributed by atoms with Crippen LogP contribution in [0.15, 0.2) is 24.4 Å². The van der Waals surface area contributed by atoms with E-state index < -0.39 is 7.12 Å². The Bertz CT molecular complexity index is 619. The first kappa shape index (κ1) is 12.7. The molecular weight excluding hydrogens is 244 g/mol. The molecule has 3 nitrogen and oxygen atoms in total. The van der Waals surface area contributed by atoms with Gasteiger partial charge in [-0.1, -0.05) is 12.1 Å². The number of rotatable bonds is 1. The Labute approximate surface area is 112 Å². The predicted octanol–water partition coefficient (Wildman–Crippen LogP) is 2.61. The van der Waals surface area contributed by atoms with Gasteiger partial charge < -0.3 is 14.3 Å². The van der Waals surface area contributed by atoms with Gasteiger partial charge in [0.1, 0.15) is 5.82 Å². The molecule has 0 amide bonds. The highest BCUT2D eigenvalue weighted by atomic mass is 19.1. The van der Waals surface area contributed by atoms with Crippen LogP contribution in [0.1, 0.15) is 27.7 Å². The van der Waals surface area contributed by atoms with Crippen LogP contribution in [0.3, 0.4) is 0 Å². The molecule has 0 spiro atoms. The summed E-state index contributed by atoms with van der Waals surface area (Å²) in [5.74, 6) is -0.240. The van der Waals surface area contributed by atoms with Gasteiger partial charge in [-0.3, -0.25) is 0 Å². The van der Waals surface area contributed by atoms with Crippen LogP contribution in [0.5, 0.6) is 0 Å².